The molecule has 3 nitrogen and oxygen atoms in total. The number of hydrogen-bond acceptors (Lipinski definition) is 2. The number of benzene rings is 1. The van der Waals surface area contributed by atoms with Gasteiger partial charge in [-0.25, -0.2) is 0 Å². The Hall–Kier alpha value is -1.35. The van der Waals surface area contributed by atoms with Crippen LogP contribution in [0.1, 0.15) is 37.8 Å². The summed E-state index contributed by atoms with van der Waals surface area (Å²) in [6, 6.07) is 8.48. The van der Waals surface area contributed by atoms with Gasteiger partial charge in [0.15, 0.2) is 0 Å². The second-order valence-electron chi connectivity index (χ2n) is 4.73. The maximum atomic E-state index is 12.0. The van der Waals surface area contributed by atoms with E-state index in [0.717, 1.165) is 12.8 Å². The molecule has 1 amide bonds. The number of methoxy groups -OCH3 is 1. The lowest BCUT2D eigenvalue weighted by atomic mass is 10.1. The van der Waals surface area contributed by atoms with Crippen molar-refractivity contribution in [1.82, 2.24) is 4.90 Å². The van der Waals surface area contributed by atoms with Gasteiger partial charge in [-0.1, -0.05) is 38.1 Å². The fourth-order valence-electron chi connectivity index (χ4n) is 1.97. The zero-order valence-corrected chi connectivity index (χ0v) is 12.3. The highest BCUT2D eigenvalue weighted by Crippen LogP contribution is 2.10. The Morgan fingerprint density at radius 3 is 2.32 bits per heavy atom. The number of ether oxygens (including phenoxy) is 1. The minimum Gasteiger partial charge on any atom is -0.383 e. The number of carbonyl (C=O) groups excluding carboxylic acids is 1. The number of aryl methyl sites for hydroxylation is 1. The molecule has 3 heteroatoms. The number of rotatable bonds is 8. The van der Waals surface area contributed by atoms with Crippen LogP contribution in [0, 0.1) is 0 Å². The molecule has 0 bridgehead atoms. The van der Waals surface area contributed by atoms with Gasteiger partial charge in [-0.2, -0.15) is 0 Å². The monoisotopic (exact) mass is 263 g/mol. The van der Waals surface area contributed by atoms with Crippen LogP contribution < -0.4 is 0 Å². The van der Waals surface area contributed by atoms with Gasteiger partial charge in [-0.15, -0.1) is 0 Å². The van der Waals surface area contributed by atoms with E-state index in [1.54, 1.807) is 7.11 Å². The summed E-state index contributed by atoms with van der Waals surface area (Å²) in [5, 5.41) is 0. The van der Waals surface area contributed by atoms with Crippen LogP contribution in [0.4, 0.5) is 0 Å². The molecule has 0 spiro atoms. The second kappa shape index (κ2) is 8.70. The van der Waals surface area contributed by atoms with E-state index in [9.17, 15) is 4.79 Å². The van der Waals surface area contributed by atoms with Crippen molar-refractivity contribution in [2.24, 2.45) is 0 Å². The van der Waals surface area contributed by atoms with E-state index in [-0.39, 0.29) is 5.91 Å². The predicted octanol–water partition coefficient (Wildman–Crippen LogP) is 3.02. The fraction of sp³-hybridized carbons (Fsp3) is 0.562. The van der Waals surface area contributed by atoms with E-state index >= 15 is 0 Å². The minimum atomic E-state index is 0.208. The van der Waals surface area contributed by atoms with Crippen molar-refractivity contribution in [3.8, 4) is 0 Å². The van der Waals surface area contributed by atoms with Crippen LogP contribution in [-0.4, -0.2) is 31.1 Å². The third kappa shape index (κ3) is 5.43. The van der Waals surface area contributed by atoms with Gasteiger partial charge in [-0.3, -0.25) is 4.79 Å². The quantitative estimate of drug-likeness (QED) is 0.721. The zero-order valence-electron chi connectivity index (χ0n) is 12.3. The average Bonchev–Trinajstić information content (AvgIpc) is 2.44. The van der Waals surface area contributed by atoms with Crippen LogP contribution in [-0.2, 0) is 22.5 Å². The molecule has 1 rings (SSSR count). The molecule has 19 heavy (non-hydrogen) atoms. The van der Waals surface area contributed by atoms with Crippen LogP contribution in [0.25, 0.3) is 0 Å². The van der Waals surface area contributed by atoms with E-state index in [4.69, 9.17) is 4.74 Å². The molecule has 0 fully saturated rings. The Kier molecular flexibility index (Phi) is 7.19. The van der Waals surface area contributed by atoms with E-state index < -0.39 is 0 Å². The molecule has 0 N–H and O–H groups in total. The van der Waals surface area contributed by atoms with Crippen molar-refractivity contribution in [2.45, 2.75) is 39.7 Å². The Morgan fingerprint density at radius 2 is 1.79 bits per heavy atom. The van der Waals surface area contributed by atoms with Gasteiger partial charge in [0.25, 0.3) is 0 Å². The van der Waals surface area contributed by atoms with Crippen LogP contribution >= 0.6 is 0 Å². The lowest BCUT2D eigenvalue weighted by Gasteiger charge is -2.22. The first kappa shape index (κ1) is 15.7. The SMILES string of the molecule is CCCC(=O)N(CCOC)Cc1ccc(CC)cc1. The van der Waals surface area contributed by atoms with E-state index in [2.05, 4.69) is 31.2 Å². The highest BCUT2D eigenvalue weighted by molar-refractivity contribution is 5.76. The fourth-order valence-corrected chi connectivity index (χ4v) is 1.97. The van der Waals surface area contributed by atoms with Gasteiger partial charge in [0.1, 0.15) is 0 Å². The maximum absolute atomic E-state index is 12.0. The summed E-state index contributed by atoms with van der Waals surface area (Å²) in [5.41, 5.74) is 2.50. The Morgan fingerprint density at radius 1 is 1.16 bits per heavy atom. The first-order chi connectivity index (χ1) is 9.21. The standard InChI is InChI=1S/C16H25NO2/c1-4-6-16(18)17(11-12-19-3)13-15-9-7-14(5-2)8-10-15/h7-10H,4-6,11-13H2,1-3H3. The average molecular weight is 263 g/mol. The van der Waals surface area contributed by atoms with E-state index in [1.165, 1.54) is 11.1 Å². The normalized spacial score (nSPS) is 10.5. The van der Waals surface area contributed by atoms with Gasteiger partial charge in [-0.05, 0) is 24.0 Å². The molecule has 0 atom stereocenters. The number of hydrogen-bond donors (Lipinski definition) is 0. The zero-order chi connectivity index (χ0) is 14.1. The third-order valence-electron chi connectivity index (χ3n) is 3.19. The van der Waals surface area contributed by atoms with Crippen molar-refractivity contribution in [3.63, 3.8) is 0 Å². The van der Waals surface area contributed by atoms with Crippen LogP contribution in [0.15, 0.2) is 24.3 Å². The third-order valence-corrected chi connectivity index (χ3v) is 3.19. The molecule has 0 aliphatic carbocycles. The summed E-state index contributed by atoms with van der Waals surface area (Å²) in [6.07, 6.45) is 2.54. The molecular formula is C16H25NO2. The molecular weight excluding hydrogens is 238 g/mol. The first-order valence-electron chi connectivity index (χ1n) is 7.05. The molecule has 1 aromatic carbocycles. The van der Waals surface area contributed by atoms with Gasteiger partial charge >= 0.3 is 0 Å². The van der Waals surface area contributed by atoms with Crippen LogP contribution in [0.2, 0.25) is 0 Å². The molecule has 0 saturated carbocycles. The minimum absolute atomic E-state index is 0.208. The first-order valence-corrected chi connectivity index (χ1v) is 7.05. The van der Waals surface area contributed by atoms with E-state index in [1.807, 2.05) is 11.8 Å². The van der Waals surface area contributed by atoms with Gasteiger partial charge in [0.2, 0.25) is 5.91 Å². The predicted molar refractivity (Wildman–Crippen MR) is 78.0 cm³/mol. The molecule has 106 valence electrons. The highest BCUT2D eigenvalue weighted by atomic mass is 16.5. The maximum Gasteiger partial charge on any atom is 0.222 e. The Bertz CT molecular complexity index is 373. The summed E-state index contributed by atoms with van der Waals surface area (Å²) in [5.74, 6) is 0.208. The van der Waals surface area contributed by atoms with Crippen molar-refractivity contribution >= 4 is 5.91 Å². The molecule has 0 saturated heterocycles. The van der Waals surface area contributed by atoms with Crippen molar-refractivity contribution < 1.29 is 9.53 Å². The summed E-state index contributed by atoms with van der Waals surface area (Å²) >= 11 is 0. The summed E-state index contributed by atoms with van der Waals surface area (Å²) in [7, 11) is 1.67. The van der Waals surface area contributed by atoms with Gasteiger partial charge < -0.3 is 9.64 Å². The number of amides is 1. The van der Waals surface area contributed by atoms with Crippen LogP contribution in [0.5, 0.6) is 0 Å². The van der Waals surface area contributed by atoms with Crippen LogP contribution in [0.3, 0.4) is 0 Å². The van der Waals surface area contributed by atoms with Gasteiger partial charge in [0, 0.05) is 26.6 Å². The second-order valence-corrected chi connectivity index (χ2v) is 4.73. The molecule has 0 aliphatic rings. The lowest BCUT2D eigenvalue weighted by molar-refractivity contribution is -0.132. The molecule has 0 radical (unpaired) electrons. The van der Waals surface area contributed by atoms with Gasteiger partial charge in [0.05, 0.1) is 6.61 Å². The van der Waals surface area contributed by atoms with Crippen molar-refractivity contribution in [2.75, 3.05) is 20.3 Å². The molecule has 0 aliphatic heterocycles. The topological polar surface area (TPSA) is 29.5 Å². The van der Waals surface area contributed by atoms with E-state index in [0.29, 0.717) is 26.1 Å². The number of carbonyl (C=O) groups is 1. The lowest BCUT2D eigenvalue weighted by Crippen LogP contribution is -2.33. The Labute approximate surface area is 116 Å². The molecule has 0 heterocycles. The molecule has 0 aromatic heterocycles. The summed E-state index contributed by atoms with van der Waals surface area (Å²) < 4.78 is 5.08. The Balaban J connectivity index is 2.66. The van der Waals surface area contributed by atoms with Crippen molar-refractivity contribution in [1.29, 1.82) is 0 Å². The summed E-state index contributed by atoms with van der Waals surface area (Å²) in [4.78, 5) is 13.9. The number of nitrogens with zero attached hydrogens (tertiary/aromatic N) is 1. The highest BCUT2D eigenvalue weighted by Gasteiger charge is 2.12. The molecule has 0 unspecified atom stereocenters. The summed E-state index contributed by atoms with van der Waals surface area (Å²) in [6.45, 7) is 6.09. The smallest absolute Gasteiger partial charge is 0.222 e. The largest absolute Gasteiger partial charge is 0.383 e. The molecule has 1 aromatic rings. The van der Waals surface area contributed by atoms with Crippen molar-refractivity contribution in [3.05, 3.63) is 35.4 Å².